The van der Waals surface area contributed by atoms with Gasteiger partial charge in [0, 0.05) is 29.6 Å². The Morgan fingerprint density at radius 1 is 1.19 bits per heavy atom. The maximum Gasteiger partial charge on any atom is 0.573 e. The standard InChI is InChI=1S/C21H16ClF3N2O4/c22-15-5-3-14(4-6-15)20(10-16(29)11-27(20)12-28)19-9-18(26-31-19)13-1-7-17(8-2-13)30-21(23,24)25/h1-9,12,16,29H,10-11H2/t16-,20+/m1/s1. The molecule has 2 atom stereocenters. The number of alkyl halides is 3. The summed E-state index contributed by atoms with van der Waals surface area (Å²) in [5, 5.41) is 14.8. The van der Waals surface area contributed by atoms with Crippen molar-refractivity contribution in [3.05, 3.63) is 70.9 Å². The summed E-state index contributed by atoms with van der Waals surface area (Å²) in [5.74, 6) is -0.0484. The third-order valence-electron chi connectivity index (χ3n) is 5.18. The Kier molecular flexibility index (Phi) is 5.40. The lowest BCUT2D eigenvalue weighted by Crippen LogP contribution is -2.41. The molecule has 1 amide bonds. The molecule has 162 valence electrons. The van der Waals surface area contributed by atoms with E-state index in [1.165, 1.54) is 29.2 Å². The SMILES string of the molecule is O=CN1C[C@H](O)C[C@]1(c1ccc(Cl)cc1)c1cc(-c2ccc(OC(F)(F)F)cc2)no1. The molecule has 4 rings (SSSR count). The molecule has 0 saturated carbocycles. The summed E-state index contributed by atoms with van der Waals surface area (Å²) in [5.41, 5.74) is 0.425. The van der Waals surface area contributed by atoms with Gasteiger partial charge in [-0.05, 0) is 42.0 Å². The molecule has 1 fully saturated rings. The topological polar surface area (TPSA) is 75.8 Å². The monoisotopic (exact) mass is 452 g/mol. The third kappa shape index (κ3) is 4.11. The van der Waals surface area contributed by atoms with E-state index in [0.717, 1.165) is 0 Å². The molecule has 0 radical (unpaired) electrons. The molecule has 1 saturated heterocycles. The van der Waals surface area contributed by atoms with Crippen LogP contribution in [0.2, 0.25) is 5.02 Å². The van der Waals surface area contributed by atoms with E-state index in [2.05, 4.69) is 9.89 Å². The quantitative estimate of drug-likeness (QED) is 0.582. The Bertz CT molecular complexity index is 1070. The second-order valence-corrected chi connectivity index (χ2v) is 7.57. The van der Waals surface area contributed by atoms with Gasteiger partial charge in [-0.3, -0.25) is 4.79 Å². The molecule has 6 nitrogen and oxygen atoms in total. The van der Waals surface area contributed by atoms with Crippen LogP contribution in [0, 0.1) is 0 Å². The van der Waals surface area contributed by atoms with Crippen molar-refractivity contribution in [2.45, 2.75) is 24.4 Å². The van der Waals surface area contributed by atoms with Gasteiger partial charge in [-0.15, -0.1) is 13.2 Å². The Labute approximate surface area is 179 Å². The number of hydrogen-bond acceptors (Lipinski definition) is 5. The summed E-state index contributed by atoms with van der Waals surface area (Å²) in [6.07, 6.45) is -4.75. The van der Waals surface area contributed by atoms with Crippen molar-refractivity contribution in [1.29, 1.82) is 0 Å². The molecule has 1 N–H and O–H groups in total. The number of halogens is 4. The number of hydrogen-bond donors (Lipinski definition) is 1. The van der Waals surface area contributed by atoms with Crippen molar-refractivity contribution in [3.8, 4) is 17.0 Å². The van der Waals surface area contributed by atoms with Crippen LogP contribution in [0.5, 0.6) is 5.75 Å². The first-order chi connectivity index (χ1) is 14.7. The molecule has 0 bridgehead atoms. The number of amides is 1. The van der Waals surface area contributed by atoms with Crippen LogP contribution in [0.3, 0.4) is 0 Å². The highest BCUT2D eigenvalue weighted by Crippen LogP contribution is 2.45. The number of aromatic nitrogens is 1. The van der Waals surface area contributed by atoms with Gasteiger partial charge in [-0.25, -0.2) is 0 Å². The van der Waals surface area contributed by atoms with Crippen molar-refractivity contribution in [1.82, 2.24) is 10.1 Å². The van der Waals surface area contributed by atoms with Gasteiger partial charge in [-0.1, -0.05) is 28.9 Å². The second-order valence-electron chi connectivity index (χ2n) is 7.13. The van der Waals surface area contributed by atoms with Gasteiger partial charge in [0.25, 0.3) is 0 Å². The van der Waals surface area contributed by atoms with Crippen LogP contribution in [-0.2, 0) is 10.3 Å². The van der Waals surface area contributed by atoms with Crippen molar-refractivity contribution >= 4 is 18.0 Å². The summed E-state index contributed by atoms with van der Waals surface area (Å²) >= 11 is 6.00. The van der Waals surface area contributed by atoms with E-state index in [-0.39, 0.29) is 18.7 Å². The van der Waals surface area contributed by atoms with E-state index in [1.807, 2.05) is 0 Å². The maximum absolute atomic E-state index is 12.4. The minimum atomic E-state index is -4.78. The highest BCUT2D eigenvalue weighted by Gasteiger charge is 2.50. The summed E-state index contributed by atoms with van der Waals surface area (Å²) < 4.78 is 46.5. The van der Waals surface area contributed by atoms with Crippen molar-refractivity contribution in [2.24, 2.45) is 0 Å². The number of likely N-dealkylation sites (tertiary alicyclic amines) is 1. The van der Waals surface area contributed by atoms with E-state index in [4.69, 9.17) is 16.1 Å². The van der Waals surface area contributed by atoms with Gasteiger partial charge >= 0.3 is 6.36 Å². The highest BCUT2D eigenvalue weighted by molar-refractivity contribution is 6.30. The average Bonchev–Trinajstić information content (AvgIpc) is 3.33. The Morgan fingerprint density at radius 3 is 2.48 bits per heavy atom. The normalized spacial score (nSPS) is 21.3. The number of carbonyl (C=O) groups is 1. The molecule has 3 aromatic rings. The first-order valence-electron chi connectivity index (χ1n) is 9.21. The Morgan fingerprint density at radius 2 is 1.87 bits per heavy atom. The van der Waals surface area contributed by atoms with Crippen molar-refractivity contribution in [2.75, 3.05) is 6.54 Å². The molecule has 10 heteroatoms. The lowest BCUT2D eigenvalue weighted by Gasteiger charge is -2.34. The minimum absolute atomic E-state index is 0.103. The molecule has 1 aliphatic heterocycles. The van der Waals surface area contributed by atoms with E-state index < -0.39 is 18.0 Å². The summed E-state index contributed by atoms with van der Waals surface area (Å²) in [7, 11) is 0. The lowest BCUT2D eigenvalue weighted by molar-refractivity contribution is -0.274. The fraction of sp³-hybridized carbons (Fsp3) is 0.238. The van der Waals surface area contributed by atoms with Gasteiger partial charge in [-0.2, -0.15) is 0 Å². The molecule has 2 aromatic carbocycles. The maximum atomic E-state index is 12.4. The van der Waals surface area contributed by atoms with Crippen LogP contribution in [0.25, 0.3) is 11.3 Å². The van der Waals surface area contributed by atoms with Gasteiger partial charge in [0.2, 0.25) is 6.41 Å². The third-order valence-corrected chi connectivity index (χ3v) is 5.43. The van der Waals surface area contributed by atoms with Crippen LogP contribution >= 0.6 is 11.6 Å². The number of carbonyl (C=O) groups excluding carboxylic acids is 1. The van der Waals surface area contributed by atoms with Crippen LogP contribution in [0.15, 0.2) is 59.1 Å². The van der Waals surface area contributed by atoms with E-state index in [9.17, 15) is 23.1 Å². The minimum Gasteiger partial charge on any atom is -0.406 e. The number of aliphatic hydroxyl groups is 1. The van der Waals surface area contributed by atoms with Gasteiger partial charge in [0.05, 0.1) is 6.10 Å². The number of benzene rings is 2. The van der Waals surface area contributed by atoms with Crippen molar-refractivity contribution < 1.29 is 32.3 Å². The van der Waals surface area contributed by atoms with Crippen molar-refractivity contribution in [3.63, 3.8) is 0 Å². The van der Waals surface area contributed by atoms with Gasteiger partial charge in [0.15, 0.2) is 5.76 Å². The van der Waals surface area contributed by atoms with Crippen LogP contribution < -0.4 is 4.74 Å². The Hall–Kier alpha value is -3.04. The number of rotatable bonds is 5. The van der Waals surface area contributed by atoms with Crippen LogP contribution in [-0.4, -0.2) is 40.6 Å². The highest BCUT2D eigenvalue weighted by atomic mass is 35.5. The summed E-state index contributed by atoms with van der Waals surface area (Å²) in [6, 6.07) is 13.6. The molecule has 0 unspecified atom stereocenters. The number of β-amino-alcohol motifs (C(OH)–C–C–N with tert-alkyl or cyclic N) is 1. The molecule has 1 aliphatic rings. The summed E-state index contributed by atoms with van der Waals surface area (Å²) in [4.78, 5) is 13.3. The molecule has 0 spiro atoms. The van der Waals surface area contributed by atoms with Gasteiger partial charge < -0.3 is 19.3 Å². The Balaban J connectivity index is 1.72. The fourth-order valence-corrected chi connectivity index (χ4v) is 3.99. The second kappa shape index (κ2) is 7.90. The lowest BCUT2D eigenvalue weighted by atomic mass is 9.84. The van der Waals surface area contributed by atoms with Crippen LogP contribution in [0.1, 0.15) is 17.7 Å². The van der Waals surface area contributed by atoms with E-state index >= 15 is 0 Å². The molecular weight excluding hydrogens is 437 g/mol. The van der Waals surface area contributed by atoms with Crippen LogP contribution in [0.4, 0.5) is 13.2 Å². The van der Waals surface area contributed by atoms with E-state index in [0.29, 0.717) is 34.0 Å². The number of ether oxygens (including phenoxy) is 1. The predicted molar refractivity (Wildman–Crippen MR) is 104 cm³/mol. The number of nitrogens with zero attached hydrogens (tertiary/aromatic N) is 2. The zero-order valence-electron chi connectivity index (χ0n) is 15.8. The molecule has 2 heterocycles. The zero-order chi connectivity index (χ0) is 22.2. The molecule has 0 aliphatic carbocycles. The zero-order valence-corrected chi connectivity index (χ0v) is 16.6. The summed E-state index contributed by atoms with van der Waals surface area (Å²) in [6.45, 7) is 0.103. The fourth-order valence-electron chi connectivity index (χ4n) is 3.87. The largest absolute Gasteiger partial charge is 0.573 e. The average molecular weight is 453 g/mol. The predicted octanol–water partition coefficient (Wildman–Crippen LogP) is 4.36. The first kappa shape index (κ1) is 21.2. The van der Waals surface area contributed by atoms with E-state index in [1.54, 1.807) is 30.3 Å². The molecule has 1 aromatic heterocycles. The number of aliphatic hydroxyl groups excluding tert-OH is 1. The molecular formula is C21H16ClF3N2O4. The smallest absolute Gasteiger partial charge is 0.406 e. The molecule has 31 heavy (non-hydrogen) atoms. The van der Waals surface area contributed by atoms with Gasteiger partial charge in [0.1, 0.15) is 17.0 Å². The first-order valence-corrected chi connectivity index (χ1v) is 9.58.